The molecule has 3 aromatic heterocycles. The number of nitrogens with two attached hydrogens (primary N) is 1. The molecule has 1 amide bonds. The Morgan fingerprint density at radius 3 is 2.42 bits per heavy atom. The van der Waals surface area contributed by atoms with E-state index < -0.39 is 11.9 Å². The van der Waals surface area contributed by atoms with Crippen LogP contribution < -0.4 is 11.1 Å². The largest absolute Gasteiger partial charge is 0.467 e. The lowest BCUT2D eigenvalue weighted by Crippen LogP contribution is -2.23. The number of methoxy groups -OCH3 is 1. The Balaban J connectivity index is 1.66. The van der Waals surface area contributed by atoms with Gasteiger partial charge in [0.05, 0.1) is 36.5 Å². The molecule has 0 aliphatic carbocycles. The Bertz CT molecular complexity index is 1490. The van der Waals surface area contributed by atoms with Crippen molar-refractivity contribution >= 4 is 39.9 Å². The Kier molecular flexibility index (Phi) is 4.98. The first-order chi connectivity index (χ1) is 16.1. The van der Waals surface area contributed by atoms with E-state index in [4.69, 9.17) is 19.9 Å². The molecule has 0 aliphatic rings. The molecule has 9 nitrogen and oxygen atoms in total. The van der Waals surface area contributed by atoms with E-state index in [0.717, 1.165) is 0 Å². The fraction of sp³-hybridized carbons (Fsp3) is 0.0833. The van der Waals surface area contributed by atoms with Crippen LogP contribution in [0.1, 0.15) is 26.5 Å². The van der Waals surface area contributed by atoms with Crippen LogP contribution in [-0.4, -0.2) is 33.5 Å². The second kappa shape index (κ2) is 8.12. The summed E-state index contributed by atoms with van der Waals surface area (Å²) in [5.41, 5.74) is 9.84. The Hall–Kier alpha value is -4.66. The molecule has 0 radical (unpaired) electrons. The number of esters is 1. The summed E-state index contributed by atoms with van der Waals surface area (Å²) in [6.45, 7) is 0.201. The molecule has 3 N–H and O–H groups in total. The molecule has 0 atom stereocenters. The van der Waals surface area contributed by atoms with Crippen molar-refractivity contribution in [3.63, 3.8) is 0 Å². The van der Waals surface area contributed by atoms with Crippen molar-refractivity contribution in [2.75, 3.05) is 12.8 Å². The second-order valence-corrected chi connectivity index (χ2v) is 7.28. The van der Waals surface area contributed by atoms with Gasteiger partial charge in [0.1, 0.15) is 22.7 Å². The van der Waals surface area contributed by atoms with Gasteiger partial charge in [-0.25, -0.2) is 14.8 Å². The van der Waals surface area contributed by atoms with Gasteiger partial charge in [0.25, 0.3) is 5.91 Å². The van der Waals surface area contributed by atoms with E-state index in [9.17, 15) is 9.59 Å². The summed E-state index contributed by atoms with van der Waals surface area (Å²) in [5, 5.41) is 2.82. The molecule has 0 bridgehead atoms. The molecule has 0 aliphatic heterocycles. The maximum Gasteiger partial charge on any atom is 0.337 e. The van der Waals surface area contributed by atoms with Crippen molar-refractivity contribution in [1.29, 1.82) is 0 Å². The minimum absolute atomic E-state index is 0.183. The maximum absolute atomic E-state index is 13.2. The number of aromatic nitrogens is 3. The molecule has 33 heavy (non-hydrogen) atoms. The lowest BCUT2D eigenvalue weighted by atomic mass is 10.2. The maximum atomic E-state index is 13.2. The minimum atomic E-state index is -0.448. The van der Waals surface area contributed by atoms with Crippen molar-refractivity contribution in [2.45, 2.75) is 6.54 Å². The summed E-state index contributed by atoms with van der Waals surface area (Å²) in [4.78, 5) is 34.4. The van der Waals surface area contributed by atoms with Crippen molar-refractivity contribution in [2.24, 2.45) is 0 Å². The normalized spacial score (nSPS) is 11.1. The topological polar surface area (TPSA) is 125 Å². The van der Waals surface area contributed by atoms with Gasteiger partial charge in [-0.2, -0.15) is 0 Å². The van der Waals surface area contributed by atoms with E-state index in [2.05, 4.69) is 10.3 Å². The number of rotatable bonds is 5. The highest BCUT2D eigenvalue weighted by Crippen LogP contribution is 2.31. The van der Waals surface area contributed by atoms with Gasteiger partial charge < -0.3 is 20.2 Å². The van der Waals surface area contributed by atoms with Crippen LogP contribution in [-0.2, 0) is 11.3 Å². The van der Waals surface area contributed by atoms with E-state index in [1.165, 1.54) is 13.4 Å². The van der Waals surface area contributed by atoms with E-state index >= 15 is 0 Å². The van der Waals surface area contributed by atoms with Crippen LogP contribution in [0.3, 0.4) is 0 Å². The molecular formula is C24H19N5O4. The summed E-state index contributed by atoms with van der Waals surface area (Å²) in [7, 11) is 1.32. The molecule has 5 aromatic rings. The average molecular weight is 441 g/mol. The number of amides is 1. The molecular weight excluding hydrogens is 422 g/mol. The van der Waals surface area contributed by atoms with Gasteiger partial charge in [-0.3, -0.25) is 9.36 Å². The first-order valence-electron chi connectivity index (χ1n) is 10.1. The number of anilines is 1. The van der Waals surface area contributed by atoms with Crippen molar-refractivity contribution in [1.82, 2.24) is 19.9 Å². The number of nitrogens with zero attached hydrogens (tertiary/aromatic N) is 3. The van der Waals surface area contributed by atoms with Crippen LogP contribution in [0.5, 0.6) is 0 Å². The zero-order valence-corrected chi connectivity index (χ0v) is 17.6. The number of hydrogen-bond acceptors (Lipinski definition) is 7. The van der Waals surface area contributed by atoms with Gasteiger partial charge in [-0.1, -0.05) is 12.1 Å². The quantitative estimate of drug-likeness (QED) is 0.400. The summed E-state index contributed by atoms with van der Waals surface area (Å²) < 4.78 is 11.7. The number of nitrogen functional groups attached to an aromatic ring is 1. The predicted octanol–water partition coefficient (Wildman–Crippen LogP) is 3.47. The standard InChI is InChI=1S/C24H19N5O4/c1-32-24(31)14-8-10-15(11-9-14)29-21(25)19(23(30)26-13-16-5-4-12-33-16)20-22(29)28-18-7-3-2-6-17(18)27-20/h2-12H,13,25H2,1H3,(H,26,30). The van der Waals surface area contributed by atoms with Gasteiger partial charge in [-0.05, 0) is 48.5 Å². The van der Waals surface area contributed by atoms with E-state index in [0.29, 0.717) is 39.2 Å². The highest BCUT2D eigenvalue weighted by Gasteiger charge is 2.25. The first kappa shape index (κ1) is 20.3. The Labute approximate surface area is 187 Å². The SMILES string of the molecule is COC(=O)c1ccc(-n2c(N)c(C(=O)NCc3ccco3)c3nc4ccccc4nc32)cc1. The summed E-state index contributed by atoms with van der Waals surface area (Å²) in [5.74, 6) is -0.0530. The minimum Gasteiger partial charge on any atom is -0.467 e. The average Bonchev–Trinajstić information content (AvgIpc) is 3.46. The molecule has 0 saturated carbocycles. The fourth-order valence-electron chi connectivity index (χ4n) is 3.68. The third kappa shape index (κ3) is 3.55. The molecule has 0 saturated heterocycles. The van der Waals surface area contributed by atoms with Crippen molar-refractivity contribution in [3.8, 4) is 5.69 Å². The predicted molar refractivity (Wildman–Crippen MR) is 122 cm³/mol. The molecule has 0 spiro atoms. The van der Waals surface area contributed by atoms with E-state index in [-0.39, 0.29) is 17.9 Å². The van der Waals surface area contributed by atoms with E-state index in [1.807, 2.05) is 24.3 Å². The van der Waals surface area contributed by atoms with Crippen LogP contribution in [0.2, 0.25) is 0 Å². The van der Waals surface area contributed by atoms with Crippen molar-refractivity contribution in [3.05, 3.63) is 83.8 Å². The first-order valence-corrected chi connectivity index (χ1v) is 10.1. The summed E-state index contributed by atoms with van der Waals surface area (Å²) >= 11 is 0. The van der Waals surface area contributed by atoms with Gasteiger partial charge >= 0.3 is 5.97 Å². The fourth-order valence-corrected chi connectivity index (χ4v) is 3.68. The molecule has 164 valence electrons. The Morgan fingerprint density at radius 2 is 1.76 bits per heavy atom. The van der Waals surface area contributed by atoms with Crippen LogP contribution in [0, 0.1) is 0 Å². The number of para-hydroxylation sites is 2. The lowest BCUT2D eigenvalue weighted by Gasteiger charge is -2.09. The van der Waals surface area contributed by atoms with Crippen LogP contribution in [0.4, 0.5) is 5.82 Å². The van der Waals surface area contributed by atoms with E-state index in [1.54, 1.807) is 41.0 Å². The third-order valence-corrected chi connectivity index (χ3v) is 5.27. The second-order valence-electron chi connectivity index (χ2n) is 7.28. The monoisotopic (exact) mass is 441 g/mol. The number of nitrogens with one attached hydrogen (secondary N) is 1. The molecule has 5 rings (SSSR count). The molecule has 0 unspecified atom stereocenters. The van der Waals surface area contributed by atoms with Crippen LogP contribution >= 0.6 is 0 Å². The smallest absolute Gasteiger partial charge is 0.337 e. The number of ether oxygens (including phenoxy) is 1. The number of benzene rings is 2. The van der Waals surface area contributed by atoms with Gasteiger partial charge in [0, 0.05) is 5.69 Å². The Morgan fingerprint density at radius 1 is 1.03 bits per heavy atom. The molecule has 2 aromatic carbocycles. The molecule has 9 heteroatoms. The number of hydrogen-bond donors (Lipinski definition) is 2. The zero-order chi connectivity index (χ0) is 22.9. The number of carbonyl (C=O) groups is 2. The summed E-state index contributed by atoms with van der Waals surface area (Å²) in [6, 6.07) is 17.6. The number of fused-ring (bicyclic) bond motifs is 2. The van der Waals surface area contributed by atoms with Crippen molar-refractivity contribution < 1.29 is 18.7 Å². The highest BCUT2D eigenvalue weighted by molar-refractivity contribution is 6.11. The van der Waals surface area contributed by atoms with Gasteiger partial charge in [-0.15, -0.1) is 0 Å². The zero-order valence-electron chi connectivity index (χ0n) is 17.6. The van der Waals surface area contributed by atoms with Gasteiger partial charge in [0.15, 0.2) is 5.65 Å². The van der Waals surface area contributed by atoms with Crippen LogP contribution in [0.15, 0.2) is 71.3 Å². The van der Waals surface area contributed by atoms with Gasteiger partial charge in [0.2, 0.25) is 0 Å². The number of furan rings is 1. The summed E-state index contributed by atoms with van der Waals surface area (Å²) in [6.07, 6.45) is 1.54. The number of carbonyl (C=O) groups excluding carboxylic acids is 2. The third-order valence-electron chi connectivity index (χ3n) is 5.27. The van der Waals surface area contributed by atoms with Crippen LogP contribution in [0.25, 0.3) is 27.9 Å². The molecule has 0 fully saturated rings. The molecule has 3 heterocycles. The lowest BCUT2D eigenvalue weighted by molar-refractivity contribution is 0.0600. The highest BCUT2D eigenvalue weighted by atomic mass is 16.5.